The van der Waals surface area contributed by atoms with Crippen molar-refractivity contribution < 1.29 is 9.53 Å². The van der Waals surface area contributed by atoms with Crippen LogP contribution in [0.15, 0.2) is 24.3 Å². The molecule has 0 atom stereocenters. The van der Waals surface area contributed by atoms with E-state index in [4.69, 9.17) is 56.4 Å². The highest BCUT2D eigenvalue weighted by Crippen LogP contribution is 2.36. The van der Waals surface area contributed by atoms with Gasteiger partial charge in [-0.25, -0.2) is 9.78 Å². The van der Waals surface area contributed by atoms with Gasteiger partial charge in [0.05, 0.1) is 26.7 Å². The molecule has 0 unspecified atom stereocenters. The van der Waals surface area contributed by atoms with Crippen molar-refractivity contribution in [3.63, 3.8) is 0 Å². The van der Waals surface area contributed by atoms with Crippen LogP contribution in [0, 0.1) is 11.3 Å². The zero-order valence-electron chi connectivity index (χ0n) is 10.7. The second kappa shape index (κ2) is 7.17. The molecule has 4 nitrogen and oxygen atoms in total. The van der Waals surface area contributed by atoms with Crippen molar-refractivity contribution in [2.45, 2.75) is 6.61 Å². The van der Waals surface area contributed by atoms with E-state index in [0.29, 0.717) is 11.1 Å². The first-order valence-electron chi connectivity index (χ1n) is 5.80. The van der Waals surface area contributed by atoms with E-state index < -0.39 is 5.97 Å². The summed E-state index contributed by atoms with van der Waals surface area (Å²) in [5.74, 6) is -0.783. The SMILES string of the molecule is N#Cc1ccc(COC(=O)c2nc(Cl)c(Cl)c(Cl)c2Cl)cc1. The van der Waals surface area contributed by atoms with E-state index in [0.717, 1.165) is 0 Å². The van der Waals surface area contributed by atoms with Crippen LogP contribution in [0.1, 0.15) is 21.6 Å². The summed E-state index contributed by atoms with van der Waals surface area (Å²) in [5.41, 5.74) is 1.00. The van der Waals surface area contributed by atoms with Crippen LogP contribution >= 0.6 is 46.4 Å². The Morgan fingerprint density at radius 1 is 1.09 bits per heavy atom. The summed E-state index contributed by atoms with van der Waals surface area (Å²) in [6, 6.07) is 8.56. The maximum absolute atomic E-state index is 12.0. The van der Waals surface area contributed by atoms with Crippen LogP contribution in [0.3, 0.4) is 0 Å². The van der Waals surface area contributed by atoms with Gasteiger partial charge in [0, 0.05) is 0 Å². The Balaban J connectivity index is 2.14. The Morgan fingerprint density at radius 3 is 2.32 bits per heavy atom. The summed E-state index contributed by atoms with van der Waals surface area (Å²) in [4.78, 5) is 15.8. The van der Waals surface area contributed by atoms with Crippen molar-refractivity contribution in [3.05, 3.63) is 61.3 Å². The van der Waals surface area contributed by atoms with Crippen LogP contribution in [0.2, 0.25) is 20.2 Å². The Kier molecular flexibility index (Phi) is 5.49. The number of rotatable bonds is 3. The van der Waals surface area contributed by atoms with Crippen LogP contribution in [0.4, 0.5) is 0 Å². The predicted octanol–water partition coefficient (Wildman–Crippen LogP) is 4.92. The topological polar surface area (TPSA) is 63.0 Å². The Morgan fingerprint density at radius 2 is 1.73 bits per heavy atom. The number of halogens is 4. The molecule has 0 amide bonds. The average Bonchev–Trinajstić information content (AvgIpc) is 2.54. The largest absolute Gasteiger partial charge is 0.456 e. The van der Waals surface area contributed by atoms with Gasteiger partial charge in [0.25, 0.3) is 0 Å². The minimum absolute atomic E-state index is 0.0135. The minimum Gasteiger partial charge on any atom is -0.456 e. The monoisotopic (exact) mass is 374 g/mol. The number of esters is 1. The quantitative estimate of drug-likeness (QED) is 0.563. The van der Waals surface area contributed by atoms with Gasteiger partial charge >= 0.3 is 5.97 Å². The Labute approximate surface area is 146 Å². The lowest BCUT2D eigenvalue weighted by atomic mass is 10.2. The number of ether oxygens (including phenoxy) is 1. The molecule has 0 spiro atoms. The lowest BCUT2D eigenvalue weighted by Gasteiger charge is -2.08. The van der Waals surface area contributed by atoms with E-state index in [1.807, 2.05) is 6.07 Å². The summed E-state index contributed by atoms with van der Waals surface area (Å²) >= 11 is 23.3. The average molecular weight is 376 g/mol. The number of carbonyl (C=O) groups excluding carboxylic acids is 1. The lowest BCUT2D eigenvalue weighted by Crippen LogP contribution is -2.09. The number of aromatic nitrogens is 1. The third-order valence-corrected chi connectivity index (χ3v) is 4.31. The second-order valence-electron chi connectivity index (χ2n) is 4.08. The van der Waals surface area contributed by atoms with Crippen molar-refractivity contribution in [1.29, 1.82) is 5.26 Å². The molecule has 2 aromatic rings. The number of carbonyl (C=O) groups is 1. The smallest absolute Gasteiger partial charge is 0.358 e. The van der Waals surface area contributed by atoms with Gasteiger partial charge < -0.3 is 4.74 Å². The Bertz CT molecular complexity index is 770. The lowest BCUT2D eigenvalue weighted by molar-refractivity contribution is 0.0466. The first-order valence-corrected chi connectivity index (χ1v) is 7.31. The zero-order valence-corrected chi connectivity index (χ0v) is 13.8. The molecule has 0 aliphatic rings. The number of hydrogen-bond acceptors (Lipinski definition) is 4. The summed E-state index contributed by atoms with van der Waals surface area (Å²) in [7, 11) is 0. The van der Waals surface area contributed by atoms with E-state index in [1.54, 1.807) is 24.3 Å². The molecule has 0 bridgehead atoms. The Hall–Kier alpha value is -1.51. The number of nitriles is 1. The molecule has 1 aromatic heterocycles. The van der Waals surface area contributed by atoms with Crippen molar-refractivity contribution in [2.24, 2.45) is 0 Å². The fraction of sp³-hybridized carbons (Fsp3) is 0.0714. The predicted molar refractivity (Wildman–Crippen MR) is 84.6 cm³/mol. The molecule has 1 heterocycles. The maximum Gasteiger partial charge on any atom is 0.358 e. The van der Waals surface area contributed by atoms with Crippen molar-refractivity contribution in [2.75, 3.05) is 0 Å². The highest BCUT2D eigenvalue weighted by molar-refractivity contribution is 6.52. The van der Waals surface area contributed by atoms with Gasteiger partial charge in [-0.3, -0.25) is 0 Å². The molecular formula is C14H6Cl4N2O2. The van der Waals surface area contributed by atoms with Crippen molar-refractivity contribution in [1.82, 2.24) is 4.98 Å². The van der Waals surface area contributed by atoms with Crippen LogP contribution in [0.25, 0.3) is 0 Å². The molecule has 112 valence electrons. The fourth-order valence-electron chi connectivity index (χ4n) is 1.52. The molecule has 0 fully saturated rings. The van der Waals surface area contributed by atoms with Gasteiger partial charge in [0.1, 0.15) is 11.8 Å². The fourth-order valence-corrected chi connectivity index (χ4v) is 2.32. The standard InChI is InChI=1S/C14H6Cl4N2O2/c15-9-10(16)12(20-13(18)11(9)17)14(21)22-6-8-3-1-7(5-19)2-4-8/h1-4H,6H2. The maximum atomic E-state index is 12.0. The number of benzene rings is 1. The van der Waals surface area contributed by atoms with E-state index in [-0.39, 0.29) is 32.5 Å². The van der Waals surface area contributed by atoms with Gasteiger partial charge in [0.15, 0.2) is 5.69 Å². The van der Waals surface area contributed by atoms with Gasteiger partial charge in [-0.2, -0.15) is 5.26 Å². The first kappa shape index (κ1) is 16.9. The number of nitrogens with zero attached hydrogens (tertiary/aromatic N) is 2. The third-order valence-electron chi connectivity index (χ3n) is 2.63. The summed E-state index contributed by atoms with van der Waals surface area (Å²) < 4.78 is 5.09. The molecule has 0 saturated carbocycles. The van der Waals surface area contributed by atoms with Crippen LogP contribution in [-0.2, 0) is 11.3 Å². The van der Waals surface area contributed by atoms with Crippen LogP contribution in [-0.4, -0.2) is 11.0 Å². The molecule has 0 saturated heterocycles. The highest BCUT2D eigenvalue weighted by atomic mass is 35.5. The molecule has 0 aliphatic heterocycles. The van der Waals surface area contributed by atoms with Gasteiger partial charge in [-0.15, -0.1) is 0 Å². The summed E-state index contributed by atoms with van der Waals surface area (Å²) in [6.07, 6.45) is 0. The molecule has 8 heteroatoms. The summed E-state index contributed by atoms with van der Waals surface area (Å²) in [6.45, 7) is -0.0135. The molecule has 1 aromatic carbocycles. The van der Waals surface area contributed by atoms with Crippen LogP contribution < -0.4 is 0 Å². The molecule has 0 radical (unpaired) electrons. The van der Waals surface area contributed by atoms with Crippen molar-refractivity contribution in [3.8, 4) is 6.07 Å². The molecular weight excluding hydrogens is 370 g/mol. The third kappa shape index (κ3) is 3.63. The van der Waals surface area contributed by atoms with Crippen LogP contribution in [0.5, 0.6) is 0 Å². The first-order chi connectivity index (χ1) is 10.4. The van der Waals surface area contributed by atoms with Gasteiger partial charge in [-0.05, 0) is 17.7 Å². The van der Waals surface area contributed by atoms with Gasteiger partial charge in [0.2, 0.25) is 0 Å². The normalized spacial score (nSPS) is 10.1. The number of hydrogen-bond donors (Lipinski definition) is 0. The van der Waals surface area contributed by atoms with E-state index in [1.165, 1.54) is 0 Å². The minimum atomic E-state index is -0.783. The van der Waals surface area contributed by atoms with Gasteiger partial charge in [-0.1, -0.05) is 58.5 Å². The van der Waals surface area contributed by atoms with Crippen molar-refractivity contribution >= 4 is 52.4 Å². The molecule has 0 N–H and O–H groups in total. The second-order valence-corrected chi connectivity index (χ2v) is 5.57. The highest BCUT2D eigenvalue weighted by Gasteiger charge is 2.21. The molecule has 22 heavy (non-hydrogen) atoms. The van der Waals surface area contributed by atoms with E-state index >= 15 is 0 Å². The summed E-state index contributed by atoms with van der Waals surface area (Å²) in [5, 5.41) is 8.35. The van der Waals surface area contributed by atoms with E-state index in [9.17, 15) is 4.79 Å². The molecule has 2 rings (SSSR count). The zero-order chi connectivity index (χ0) is 16.3. The van der Waals surface area contributed by atoms with E-state index in [2.05, 4.69) is 4.98 Å². The number of pyridine rings is 1. The molecule has 0 aliphatic carbocycles.